The fourth-order valence-corrected chi connectivity index (χ4v) is 1.71. The van der Waals surface area contributed by atoms with Crippen molar-refractivity contribution >= 4 is 0 Å². The van der Waals surface area contributed by atoms with E-state index in [1.807, 2.05) is 24.5 Å². The number of hydrogen-bond acceptors (Lipinski definition) is 4. The second-order valence-corrected chi connectivity index (χ2v) is 3.95. The van der Waals surface area contributed by atoms with Crippen LogP contribution in [0.2, 0.25) is 0 Å². The fourth-order valence-electron chi connectivity index (χ4n) is 1.71. The topological polar surface area (TPSA) is 47.0 Å². The second kappa shape index (κ2) is 6.12. The Labute approximate surface area is 107 Å². The zero-order valence-electron chi connectivity index (χ0n) is 10.7. The Morgan fingerprint density at radius 3 is 2.89 bits per heavy atom. The van der Waals surface area contributed by atoms with Gasteiger partial charge >= 0.3 is 0 Å². The maximum absolute atomic E-state index is 5.13. The van der Waals surface area contributed by atoms with Gasteiger partial charge in [0.2, 0.25) is 5.88 Å². The molecule has 0 fully saturated rings. The molecule has 4 heteroatoms. The summed E-state index contributed by atoms with van der Waals surface area (Å²) in [6.45, 7) is 3.87. The number of hydrogen-bond donors (Lipinski definition) is 1. The van der Waals surface area contributed by atoms with Gasteiger partial charge in [-0.05, 0) is 29.8 Å². The zero-order chi connectivity index (χ0) is 12.8. The molecule has 0 spiro atoms. The van der Waals surface area contributed by atoms with E-state index in [-0.39, 0.29) is 0 Å². The number of aromatic nitrogens is 2. The van der Waals surface area contributed by atoms with Crippen LogP contribution in [0.1, 0.15) is 12.5 Å². The first-order valence-electron chi connectivity index (χ1n) is 5.98. The minimum atomic E-state index is 0.615. The predicted octanol–water partition coefficient (Wildman–Crippen LogP) is 2.26. The summed E-state index contributed by atoms with van der Waals surface area (Å²) in [5.74, 6) is 0.615. The van der Waals surface area contributed by atoms with Gasteiger partial charge in [-0.3, -0.25) is 4.98 Å². The molecular weight excluding hydrogens is 226 g/mol. The highest BCUT2D eigenvalue weighted by Crippen LogP contribution is 2.22. The molecule has 0 radical (unpaired) electrons. The largest absolute Gasteiger partial charge is 0.481 e. The van der Waals surface area contributed by atoms with Gasteiger partial charge < -0.3 is 10.1 Å². The van der Waals surface area contributed by atoms with E-state index in [4.69, 9.17) is 4.74 Å². The third kappa shape index (κ3) is 3.05. The van der Waals surface area contributed by atoms with Crippen molar-refractivity contribution in [2.75, 3.05) is 13.7 Å². The molecule has 0 saturated carbocycles. The second-order valence-electron chi connectivity index (χ2n) is 3.95. The Kier molecular flexibility index (Phi) is 4.25. The predicted molar refractivity (Wildman–Crippen MR) is 71.4 cm³/mol. The number of ether oxygens (including phenoxy) is 1. The van der Waals surface area contributed by atoms with Crippen molar-refractivity contribution in [2.45, 2.75) is 13.5 Å². The fraction of sp³-hybridized carbons (Fsp3) is 0.286. The van der Waals surface area contributed by atoms with Gasteiger partial charge in [-0.1, -0.05) is 6.92 Å². The van der Waals surface area contributed by atoms with E-state index in [0.29, 0.717) is 5.88 Å². The molecule has 0 atom stereocenters. The molecule has 0 saturated heterocycles. The highest BCUT2D eigenvalue weighted by Gasteiger charge is 2.02. The van der Waals surface area contributed by atoms with E-state index in [9.17, 15) is 0 Å². The van der Waals surface area contributed by atoms with Crippen LogP contribution in [0.4, 0.5) is 0 Å². The lowest BCUT2D eigenvalue weighted by Crippen LogP contribution is -2.11. The first kappa shape index (κ1) is 12.5. The quantitative estimate of drug-likeness (QED) is 0.875. The normalized spacial score (nSPS) is 10.3. The smallest absolute Gasteiger partial charge is 0.213 e. The lowest BCUT2D eigenvalue weighted by molar-refractivity contribution is 0.398. The van der Waals surface area contributed by atoms with Gasteiger partial charge in [0.1, 0.15) is 0 Å². The standard InChI is InChI=1S/C14H17N3O/c1-3-15-8-11-6-13(10-16-9-11)12-4-5-17-14(7-12)18-2/h4-7,9-10,15H,3,8H2,1-2H3. The lowest BCUT2D eigenvalue weighted by atomic mass is 10.1. The Morgan fingerprint density at radius 1 is 1.22 bits per heavy atom. The Balaban J connectivity index is 2.26. The molecule has 94 valence electrons. The number of rotatable bonds is 5. The maximum atomic E-state index is 5.13. The Bertz CT molecular complexity index is 514. The van der Waals surface area contributed by atoms with Crippen molar-refractivity contribution in [1.29, 1.82) is 0 Å². The molecule has 1 N–H and O–H groups in total. The van der Waals surface area contributed by atoms with Gasteiger partial charge in [0.15, 0.2) is 0 Å². The van der Waals surface area contributed by atoms with Crippen LogP contribution in [0.3, 0.4) is 0 Å². The average Bonchev–Trinajstić information content (AvgIpc) is 2.45. The third-order valence-corrected chi connectivity index (χ3v) is 2.65. The molecule has 2 heterocycles. The lowest BCUT2D eigenvalue weighted by Gasteiger charge is -2.06. The molecule has 18 heavy (non-hydrogen) atoms. The van der Waals surface area contributed by atoms with E-state index in [1.165, 1.54) is 5.56 Å². The molecule has 2 aromatic rings. The van der Waals surface area contributed by atoms with E-state index < -0.39 is 0 Å². The number of nitrogens with one attached hydrogen (secondary N) is 1. The molecule has 2 rings (SSSR count). The monoisotopic (exact) mass is 243 g/mol. The number of nitrogens with zero attached hydrogens (tertiary/aromatic N) is 2. The van der Waals surface area contributed by atoms with Crippen LogP contribution in [0.5, 0.6) is 5.88 Å². The van der Waals surface area contributed by atoms with Crippen molar-refractivity contribution < 1.29 is 4.74 Å². The average molecular weight is 243 g/mol. The first-order valence-corrected chi connectivity index (χ1v) is 5.98. The van der Waals surface area contributed by atoms with Crippen LogP contribution in [-0.4, -0.2) is 23.6 Å². The Morgan fingerprint density at radius 2 is 2.11 bits per heavy atom. The molecule has 4 nitrogen and oxygen atoms in total. The van der Waals surface area contributed by atoms with E-state index in [2.05, 4.69) is 28.3 Å². The number of pyridine rings is 2. The SMILES string of the molecule is CCNCc1cncc(-c2ccnc(OC)c2)c1. The Hall–Kier alpha value is -1.94. The summed E-state index contributed by atoms with van der Waals surface area (Å²) in [4.78, 5) is 8.37. The molecule has 2 aromatic heterocycles. The van der Waals surface area contributed by atoms with Crippen LogP contribution in [0.25, 0.3) is 11.1 Å². The van der Waals surface area contributed by atoms with Crippen LogP contribution in [-0.2, 0) is 6.54 Å². The summed E-state index contributed by atoms with van der Waals surface area (Å²) in [5, 5.41) is 3.29. The van der Waals surface area contributed by atoms with Gasteiger partial charge in [-0.15, -0.1) is 0 Å². The molecule has 0 unspecified atom stereocenters. The highest BCUT2D eigenvalue weighted by molar-refractivity contribution is 5.63. The zero-order valence-corrected chi connectivity index (χ0v) is 10.7. The van der Waals surface area contributed by atoms with Gasteiger partial charge in [-0.2, -0.15) is 0 Å². The van der Waals surface area contributed by atoms with Crippen molar-refractivity contribution in [1.82, 2.24) is 15.3 Å². The van der Waals surface area contributed by atoms with Gasteiger partial charge in [0, 0.05) is 36.8 Å². The van der Waals surface area contributed by atoms with E-state index >= 15 is 0 Å². The van der Waals surface area contributed by atoms with E-state index in [0.717, 1.165) is 24.2 Å². The molecular formula is C14H17N3O. The van der Waals surface area contributed by atoms with Crippen molar-refractivity contribution in [3.8, 4) is 17.0 Å². The van der Waals surface area contributed by atoms with Gasteiger partial charge in [-0.25, -0.2) is 4.98 Å². The maximum Gasteiger partial charge on any atom is 0.213 e. The molecule has 0 aliphatic carbocycles. The summed E-state index contributed by atoms with van der Waals surface area (Å²) >= 11 is 0. The molecule has 0 bridgehead atoms. The van der Waals surface area contributed by atoms with Crippen molar-refractivity contribution in [3.63, 3.8) is 0 Å². The van der Waals surface area contributed by atoms with Crippen molar-refractivity contribution in [3.05, 3.63) is 42.4 Å². The minimum absolute atomic E-state index is 0.615. The number of methoxy groups -OCH3 is 1. The molecule has 0 aliphatic heterocycles. The first-order chi connectivity index (χ1) is 8.83. The minimum Gasteiger partial charge on any atom is -0.481 e. The van der Waals surface area contributed by atoms with Crippen molar-refractivity contribution in [2.24, 2.45) is 0 Å². The molecule has 0 aliphatic rings. The van der Waals surface area contributed by atoms with Crippen LogP contribution in [0.15, 0.2) is 36.8 Å². The molecule has 0 aromatic carbocycles. The third-order valence-electron chi connectivity index (χ3n) is 2.65. The van der Waals surface area contributed by atoms with E-state index in [1.54, 1.807) is 13.3 Å². The summed E-state index contributed by atoms with van der Waals surface area (Å²) in [7, 11) is 1.62. The van der Waals surface area contributed by atoms with Gasteiger partial charge in [0.25, 0.3) is 0 Å². The van der Waals surface area contributed by atoms with Crippen LogP contribution >= 0.6 is 0 Å². The summed E-state index contributed by atoms with van der Waals surface area (Å²) < 4.78 is 5.13. The summed E-state index contributed by atoms with van der Waals surface area (Å²) in [6, 6.07) is 6.00. The van der Waals surface area contributed by atoms with Crippen LogP contribution in [0, 0.1) is 0 Å². The van der Waals surface area contributed by atoms with Crippen LogP contribution < -0.4 is 10.1 Å². The summed E-state index contributed by atoms with van der Waals surface area (Å²) in [6.07, 6.45) is 5.47. The highest BCUT2D eigenvalue weighted by atomic mass is 16.5. The summed E-state index contributed by atoms with van der Waals surface area (Å²) in [5.41, 5.74) is 3.31. The van der Waals surface area contributed by atoms with Gasteiger partial charge in [0.05, 0.1) is 7.11 Å². The molecule has 0 amide bonds.